The Morgan fingerprint density at radius 3 is 2.62 bits per heavy atom. The SMILES string of the molecule is CC.Cn1c2ccccc2c2cc(NC(=O)C3=CC=CCC=C3)ccc21. The van der Waals surface area contributed by atoms with Gasteiger partial charge in [-0.3, -0.25) is 4.79 Å². The number of carbonyl (C=O) groups excluding carboxylic acids is 1. The second kappa shape index (κ2) is 7.87. The van der Waals surface area contributed by atoms with Gasteiger partial charge in [-0.05, 0) is 36.8 Å². The molecule has 0 atom stereocenters. The van der Waals surface area contributed by atoms with Gasteiger partial charge in [0.25, 0.3) is 5.91 Å². The van der Waals surface area contributed by atoms with Crippen molar-refractivity contribution in [3.63, 3.8) is 0 Å². The minimum absolute atomic E-state index is 0.0858. The van der Waals surface area contributed by atoms with Crippen molar-refractivity contribution in [1.29, 1.82) is 0 Å². The van der Waals surface area contributed by atoms with Crippen LogP contribution in [0.3, 0.4) is 0 Å². The zero-order valence-electron chi connectivity index (χ0n) is 15.5. The average Bonchev–Trinajstić information content (AvgIpc) is 2.87. The van der Waals surface area contributed by atoms with Gasteiger partial charge in [0.05, 0.1) is 0 Å². The molecule has 0 bridgehead atoms. The number of anilines is 1. The lowest BCUT2D eigenvalue weighted by atomic mass is 10.1. The second-order valence-corrected chi connectivity index (χ2v) is 5.95. The van der Waals surface area contributed by atoms with Crippen molar-refractivity contribution in [3.05, 3.63) is 78.4 Å². The summed E-state index contributed by atoms with van der Waals surface area (Å²) in [5, 5.41) is 5.35. The van der Waals surface area contributed by atoms with Gasteiger partial charge in [-0.25, -0.2) is 0 Å². The van der Waals surface area contributed by atoms with Crippen LogP contribution in [0.4, 0.5) is 5.69 Å². The normalized spacial score (nSPS) is 13.1. The van der Waals surface area contributed by atoms with Crippen molar-refractivity contribution < 1.29 is 4.79 Å². The van der Waals surface area contributed by atoms with Gasteiger partial charge in [0, 0.05) is 40.1 Å². The number of para-hydroxylation sites is 1. The molecule has 1 aromatic heterocycles. The number of carbonyl (C=O) groups is 1. The largest absolute Gasteiger partial charge is 0.344 e. The first-order valence-electron chi connectivity index (χ1n) is 9.06. The lowest BCUT2D eigenvalue weighted by Gasteiger charge is -2.06. The molecule has 1 aliphatic rings. The number of allylic oxidation sites excluding steroid dienone is 4. The number of rotatable bonds is 2. The number of nitrogens with zero attached hydrogens (tertiary/aromatic N) is 1. The molecule has 3 nitrogen and oxygen atoms in total. The summed E-state index contributed by atoms with van der Waals surface area (Å²) in [4.78, 5) is 12.5. The van der Waals surface area contributed by atoms with Crippen LogP contribution in [0.15, 0.2) is 78.4 Å². The quantitative estimate of drug-likeness (QED) is 0.632. The predicted octanol–water partition coefficient (Wildman–Crippen LogP) is 5.74. The van der Waals surface area contributed by atoms with E-state index in [1.165, 1.54) is 10.9 Å². The molecule has 132 valence electrons. The predicted molar refractivity (Wildman–Crippen MR) is 111 cm³/mol. The number of aryl methyl sites for hydroxylation is 1. The Hall–Kier alpha value is -3.07. The standard InChI is InChI=1S/C21H18N2O.C2H6/c1-23-19-11-7-6-10-17(19)18-14-16(12-13-20(18)23)22-21(24)15-8-4-2-3-5-9-15;1-2/h2,4-14H,3H2,1H3,(H,22,24);1-2H3. The molecule has 0 radical (unpaired) electrons. The molecule has 4 rings (SSSR count). The molecule has 0 saturated carbocycles. The van der Waals surface area contributed by atoms with Gasteiger partial charge in [0.1, 0.15) is 0 Å². The molecule has 3 aromatic rings. The number of hydrogen-bond acceptors (Lipinski definition) is 1. The van der Waals surface area contributed by atoms with E-state index in [4.69, 9.17) is 0 Å². The van der Waals surface area contributed by atoms with Crippen LogP contribution in [-0.4, -0.2) is 10.5 Å². The number of fused-ring (bicyclic) bond motifs is 3. The lowest BCUT2D eigenvalue weighted by molar-refractivity contribution is -0.112. The molecule has 1 heterocycles. The molecule has 0 unspecified atom stereocenters. The highest BCUT2D eigenvalue weighted by Gasteiger charge is 2.11. The maximum absolute atomic E-state index is 12.5. The number of amides is 1. The Kier molecular flexibility index (Phi) is 5.37. The molecule has 2 aromatic carbocycles. The fourth-order valence-electron chi connectivity index (χ4n) is 3.18. The third-order valence-corrected chi connectivity index (χ3v) is 4.41. The highest BCUT2D eigenvalue weighted by atomic mass is 16.1. The van der Waals surface area contributed by atoms with E-state index in [2.05, 4.69) is 35.1 Å². The number of benzene rings is 2. The number of hydrogen-bond donors (Lipinski definition) is 1. The lowest BCUT2D eigenvalue weighted by Crippen LogP contribution is -2.13. The summed E-state index contributed by atoms with van der Waals surface area (Å²) in [7, 11) is 2.07. The van der Waals surface area contributed by atoms with E-state index < -0.39 is 0 Å². The Morgan fingerprint density at radius 1 is 1.00 bits per heavy atom. The number of nitrogens with one attached hydrogen (secondary N) is 1. The van der Waals surface area contributed by atoms with E-state index in [1.54, 1.807) is 0 Å². The summed E-state index contributed by atoms with van der Waals surface area (Å²) in [5.74, 6) is -0.0858. The van der Waals surface area contributed by atoms with E-state index in [1.807, 2.05) is 68.5 Å². The van der Waals surface area contributed by atoms with Crippen LogP contribution in [-0.2, 0) is 11.8 Å². The maximum Gasteiger partial charge on any atom is 0.255 e. The van der Waals surface area contributed by atoms with E-state index in [9.17, 15) is 4.79 Å². The fraction of sp³-hybridized carbons (Fsp3) is 0.174. The van der Waals surface area contributed by atoms with Crippen molar-refractivity contribution in [2.75, 3.05) is 5.32 Å². The third-order valence-electron chi connectivity index (χ3n) is 4.41. The summed E-state index contributed by atoms with van der Waals surface area (Å²) >= 11 is 0. The van der Waals surface area contributed by atoms with Crippen molar-refractivity contribution >= 4 is 33.4 Å². The molecule has 0 aliphatic heterocycles. The fourth-order valence-corrected chi connectivity index (χ4v) is 3.18. The zero-order chi connectivity index (χ0) is 18.5. The van der Waals surface area contributed by atoms with Gasteiger partial charge in [-0.15, -0.1) is 0 Å². The van der Waals surface area contributed by atoms with Gasteiger partial charge < -0.3 is 9.88 Å². The topological polar surface area (TPSA) is 34.0 Å². The molecule has 0 saturated heterocycles. The van der Waals surface area contributed by atoms with E-state index in [0.717, 1.165) is 23.0 Å². The third kappa shape index (κ3) is 3.33. The summed E-state index contributed by atoms with van der Waals surface area (Å²) in [6.07, 6.45) is 10.5. The van der Waals surface area contributed by atoms with Crippen LogP contribution in [0, 0.1) is 0 Å². The highest BCUT2D eigenvalue weighted by Crippen LogP contribution is 2.30. The van der Waals surface area contributed by atoms with Gasteiger partial charge in [0.15, 0.2) is 0 Å². The Labute approximate surface area is 154 Å². The summed E-state index contributed by atoms with van der Waals surface area (Å²) in [5.41, 5.74) is 3.83. The van der Waals surface area contributed by atoms with E-state index >= 15 is 0 Å². The molecule has 1 N–H and O–H groups in total. The molecular formula is C23H24N2O. The van der Waals surface area contributed by atoms with Crippen molar-refractivity contribution in [3.8, 4) is 0 Å². The first-order valence-corrected chi connectivity index (χ1v) is 9.06. The van der Waals surface area contributed by atoms with Crippen LogP contribution in [0.2, 0.25) is 0 Å². The summed E-state index contributed by atoms with van der Waals surface area (Å²) < 4.78 is 2.18. The van der Waals surface area contributed by atoms with Gasteiger partial charge in [-0.1, -0.05) is 56.4 Å². The molecule has 0 fully saturated rings. The molecule has 1 amide bonds. The molecular weight excluding hydrogens is 320 g/mol. The first-order chi connectivity index (χ1) is 12.7. The molecule has 0 spiro atoms. The van der Waals surface area contributed by atoms with Gasteiger partial charge in [0.2, 0.25) is 0 Å². The van der Waals surface area contributed by atoms with Gasteiger partial charge >= 0.3 is 0 Å². The minimum atomic E-state index is -0.0858. The van der Waals surface area contributed by atoms with Crippen molar-refractivity contribution in [2.45, 2.75) is 20.3 Å². The monoisotopic (exact) mass is 344 g/mol. The average molecular weight is 344 g/mol. The maximum atomic E-state index is 12.5. The van der Waals surface area contributed by atoms with Gasteiger partial charge in [-0.2, -0.15) is 0 Å². The Bertz CT molecular complexity index is 1030. The minimum Gasteiger partial charge on any atom is -0.344 e. The summed E-state index contributed by atoms with van der Waals surface area (Å²) in [6.45, 7) is 4.00. The van der Waals surface area contributed by atoms with Crippen LogP contribution in [0.1, 0.15) is 20.3 Å². The Morgan fingerprint density at radius 2 is 1.77 bits per heavy atom. The zero-order valence-corrected chi connectivity index (χ0v) is 15.5. The smallest absolute Gasteiger partial charge is 0.255 e. The van der Waals surface area contributed by atoms with Crippen molar-refractivity contribution in [2.24, 2.45) is 7.05 Å². The van der Waals surface area contributed by atoms with E-state index in [-0.39, 0.29) is 5.91 Å². The number of aromatic nitrogens is 1. The molecule has 1 aliphatic carbocycles. The van der Waals surface area contributed by atoms with Crippen molar-refractivity contribution in [1.82, 2.24) is 4.57 Å². The van der Waals surface area contributed by atoms with Crippen LogP contribution < -0.4 is 5.32 Å². The first kappa shape index (κ1) is 17.7. The Balaban J connectivity index is 0.000000948. The van der Waals surface area contributed by atoms with Crippen LogP contribution in [0.25, 0.3) is 21.8 Å². The van der Waals surface area contributed by atoms with E-state index in [0.29, 0.717) is 5.57 Å². The highest BCUT2D eigenvalue weighted by molar-refractivity contribution is 6.11. The summed E-state index contributed by atoms with van der Waals surface area (Å²) in [6, 6.07) is 14.4. The van der Waals surface area contributed by atoms with Crippen LogP contribution in [0.5, 0.6) is 0 Å². The molecule has 26 heavy (non-hydrogen) atoms. The van der Waals surface area contributed by atoms with Crippen LogP contribution >= 0.6 is 0 Å². The second-order valence-electron chi connectivity index (χ2n) is 5.95. The molecule has 3 heteroatoms.